The fourth-order valence-electron chi connectivity index (χ4n) is 1.47. The highest BCUT2D eigenvalue weighted by Crippen LogP contribution is 2.38. The Morgan fingerprint density at radius 3 is 1.92 bits per heavy atom. The maximum Gasteiger partial charge on any atom is 0.298 e. The zero-order valence-electron chi connectivity index (χ0n) is 7.50. The lowest BCUT2D eigenvalue weighted by Crippen LogP contribution is -2.65. The van der Waals surface area contributed by atoms with Crippen LogP contribution < -0.4 is 5.73 Å². The van der Waals surface area contributed by atoms with Crippen LogP contribution in [0.1, 0.15) is 13.8 Å². The van der Waals surface area contributed by atoms with E-state index >= 15 is 0 Å². The van der Waals surface area contributed by atoms with E-state index in [-0.39, 0.29) is 11.5 Å². The van der Waals surface area contributed by atoms with Crippen molar-refractivity contribution in [2.75, 3.05) is 19.8 Å². The van der Waals surface area contributed by atoms with E-state index in [1.807, 2.05) is 6.92 Å². The molecule has 3 rings (SSSR count). The summed E-state index contributed by atoms with van der Waals surface area (Å²) in [6.07, 6.45) is 0. The van der Waals surface area contributed by atoms with Gasteiger partial charge in [-0.15, -0.1) is 0 Å². The predicted octanol–water partition coefficient (Wildman–Crippen LogP) is 0.0707. The van der Waals surface area contributed by atoms with E-state index in [2.05, 4.69) is 6.92 Å². The van der Waals surface area contributed by atoms with Gasteiger partial charge in [-0.05, 0) is 6.92 Å². The predicted molar refractivity (Wildman–Crippen MR) is 42.3 cm³/mol. The summed E-state index contributed by atoms with van der Waals surface area (Å²) in [7, 11) is 0. The molecule has 0 aromatic heterocycles. The first kappa shape index (κ1) is 8.44. The van der Waals surface area contributed by atoms with Crippen LogP contribution in [0.2, 0.25) is 0 Å². The van der Waals surface area contributed by atoms with Crippen molar-refractivity contribution in [3.63, 3.8) is 0 Å². The normalized spacial score (nSPS) is 49.2. The summed E-state index contributed by atoms with van der Waals surface area (Å²) in [5, 5.41) is 0. The van der Waals surface area contributed by atoms with Crippen molar-refractivity contribution in [2.45, 2.75) is 25.9 Å². The largest absolute Gasteiger partial charge is 0.325 e. The smallest absolute Gasteiger partial charge is 0.298 e. The minimum atomic E-state index is -0.961. The molecule has 2 bridgehead atoms. The van der Waals surface area contributed by atoms with E-state index in [4.69, 9.17) is 19.9 Å². The molecule has 3 heterocycles. The number of hydrogen-bond donors (Lipinski definition) is 1. The molecule has 3 saturated heterocycles. The van der Waals surface area contributed by atoms with Crippen LogP contribution in [-0.2, 0) is 14.2 Å². The quantitative estimate of drug-likeness (QED) is 0.609. The molecule has 3 fully saturated rings. The van der Waals surface area contributed by atoms with E-state index in [1.54, 1.807) is 0 Å². The molecule has 0 unspecified atom stereocenters. The molecule has 0 aromatic carbocycles. The molecule has 0 radical (unpaired) electrons. The Balaban J connectivity index is 2.14. The summed E-state index contributed by atoms with van der Waals surface area (Å²) in [6, 6.07) is -0.248. The minimum absolute atomic E-state index is 0.0244. The van der Waals surface area contributed by atoms with Crippen LogP contribution in [0.25, 0.3) is 0 Å². The van der Waals surface area contributed by atoms with Crippen LogP contribution >= 0.6 is 0 Å². The Labute approximate surface area is 72.0 Å². The van der Waals surface area contributed by atoms with Gasteiger partial charge in [0.15, 0.2) is 0 Å². The molecule has 2 N–H and O–H groups in total. The van der Waals surface area contributed by atoms with Gasteiger partial charge in [0.25, 0.3) is 5.97 Å². The summed E-state index contributed by atoms with van der Waals surface area (Å²) in [6.45, 7) is 5.93. The number of ether oxygens (including phenoxy) is 3. The first-order valence-electron chi connectivity index (χ1n) is 4.24. The molecule has 3 aliphatic rings. The van der Waals surface area contributed by atoms with Gasteiger partial charge in [-0.25, -0.2) is 0 Å². The number of hydrogen-bond acceptors (Lipinski definition) is 4. The zero-order valence-corrected chi connectivity index (χ0v) is 7.50. The molecule has 70 valence electrons. The van der Waals surface area contributed by atoms with Crippen molar-refractivity contribution >= 4 is 0 Å². The van der Waals surface area contributed by atoms with E-state index in [1.165, 1.54) is 0 Å². The van der Waals surface area contributed by atoms with E-state index in [0.717, 1.165) is 0 Å². The lowest BCUT2D eigenvalue weighted by molar-refractivity contribution is -0.470. The third kappa shape index (κ3) is 1.07. The zero-order chi connectivity index (χ0) is 8.82. The highest BCUT2D eigenvalue weighted by molar-refractivity contribution is 4.87. The molecule has 4 heteroatoms. The average molecular weight is 173 g/mol. The van der Waals surface area contributed by atoms with Gasteiger partial charge >= 0.3 is 0 Å². The number of rotatable bonds is 1. The number of fused-ring (bicyclic) bond motifs is 3. The van der Waals surface area contributed by atoms with Gasteiger partial charge in [-0.3, -0.25) is 0 Å². The van der Waals surface area contributed by atoms with Crippen LogP contribution in [0, 0.1) is 5.41 Å². The minimum Gasteiger partial charge on any atom is -0.325 e. The second-order valence-electron chi connectivity index (χ2n) is 4.07. The Bertz CT molecular complexity index is 168. The Morgan fingerprint density at radius 1 is 1.17 bits per heavy atom. The first-order chi connectivity index (χ1) is 5.56. The fourth-order valence-corrected chi connectivity index (χ4v) is 1.47. The van der Waals surface area contributed by atoms with Crippen LogP contribution in [0.5, 0.6) is 0 Å². The lowest BCUT2D eigenvalue weighted by atomic mass is 9.91. The first-order valence-corrected chi connectivity index (χ1v) is 4.24. The fraction of sp³-hybridized carbons (Fsp3) is 1.00. The molecule has 0 spiro atoms. The van der Waals surface area contributed by atoms with Gasteiger partial charge in [0.1, 0.15) is 0 Å². The van der Waals surface area contributed by atoms with Gasteiger partial charge in [0, 0.05) is 5.41 Å². The molecular formula is C8H15NO3. The van der Waals surface area contributed by atoms with Gasteiger partial charge in [0.05, 0.1) is 25.9 Å². The molecule has 0 aromatic rings. The average Bonchev–Trinajstić information content (AvgIpc) is 2.06. The van der Waals surface area contributed by atoms with Crippen LogP contribution in [0.3, 0.4) is 0 Å². The maximum absolute atomic E-state index is 5.71. The molecule has 0 aliphatic carbocycles. The van der Waals surface area contributed by atoms with Crippen molar-refractivity contribution in [3.8, 4) is 0 Å². The Morgan fingerprint density at radius 2 is 1.58 bits per heavy atom. The van der Waals surface area contributed by atoms with E-state index in [0.29, 0.717) is 19.8 Å². The van der Waals surface area contributed by atoms with Gasteiger partial charge in [-0.2, -0.15) is 0 Å². The van der Waals surface area contributed by atoms with Crippen LogP contribution in [0.15, 0.2) is 0 Å². The molecule has 1 atom stereocenters. The van der Waals surface area contributed by atoms with Crippen molar-refractivity contribution < 1.29 is 14.2 Å². The van der Waals surface area contributed by atoms with Gasteiger partial charge < -0.3 is 19.9 Å². The molecule has 0 amide bonds. The highest BCUT2D eigenvalue weighted by Gasteiger charge is 2.52. The summed E-state index contributed by atoms with van der Waals surface area (Å²) < 4.78 is 16.4. The summed E-state index contributed by atoms with van der Waals surface area (Å²) in [5.74, 6) is -0.961. The molecular weight excluding hydrogens is 158 g/mol. The Kier molecular flexibility index (Phi) is 1.70. The van der Waals surface area contributed by atoms with Crippen molar-refractivity contribution in [1.29, 1.82) is 0 Å². The summed E-state index contributed by atoms with van der Waals surface area (Å²) >= 11 is 0. The number of nitrogens with two attached hydrogens (primary N) is 1. The van der Waals surface area contributed by atoms with Gasteiger partial charge in [0.2, 0.25) is 0 Å². The maximum atomic E-state index is 5.71. The third-order valence-corrected chi connectivity index (χ3v) is 2.42. The summed E-state index contributed by atoms with van der Waals surface area (Å²) in [5.41, 5.74) is 5.73. The highest BCUT2D eigenvalue weighted by atomic mass is 16.9. The van der Waals surface area contributed by atoms with E-state index < -0.39 is 5.97 Å². The van der Waals surface area contributed by atoms with Crippen molar-refractivity contribution in [1.82, 2.24) is 0 Å². The van der Waals surface area contributed by atoms with Crippen LogP contribution in [0.4, 0.5) is 0 Å². The molecule has 3 aliphatic heterocycles. The van der Waals surface area contributed by atoms with Crippen molar-refractivity contribution in [2.24, 2.45) is 11.1 Å². The topological polar surface area (TPSA) is 53.7 Å². The SMILES string of the molecule is C[C@@H](N)C12OCC(C)(CO1)CO2. The van der Waals surface area contributed by atoms with Crippen LogP contribution in [-0.4, -0.2) is 31.8 Å². The second-order valence-corrected chi connectivity index (χ2v) is 4.07. The van der Waals surface area contributed by atoms with E-state index in [9.17, 15) is 0 Å². The molecule has 12 heavy (non-hydrogen) atoms. The lowest BCUT2D eigenvalue weighted by Gasteiger charge is -2.51. The Hall–Kier alpha value is -0.160. The standard InChI is InChI=1S/C8H15NO3/c1-6(9)8-10-3-7(2,4-11-8)5-12-8/h6H,3-5,9H2,1-2H3/t6-,7?,8?/m1/s1. The monoisotopic (exact) mass is 173 g/mol. The molecule has 4 nitrogen and oxygen atoms in total. The third-order valence-electron chi connectivity index (χ3n) is 2.42. The molecule has 0 saturated carbocycles. The van der Waals surface area contributed by atoms with Crippen molar-refractivity contribution in [3.05, 3.63) is 0 Å². The summed E-state index contributed by atoms with van der Waals surface area (Å²) in [4.78, 5) is 0. The van der Waals surface area contributed by atoms with Gasteiger partial charge in [-0.1, -0.05) is 6.92 Å². The second kappa shape index (κ2) is 2.42.